The highest BCUT2D eigenvalue weighted by Crippen LogP contribution is 2.28. The molecule has 2 aromatic carbocycles. The van der Waals surface area contributed by atoms with Gasteiger partial charge in [0.2, 0.25) is 0 Å². The highest BCUT2D eigenvalue weighted by atomic mass is 19.1. The molecule has 0 bridgehead atoms. The maximum absolute atomic E-state index is 13.5. The topological polar surface area (TPSA) is 113 Å². The normalized spacial score (nSPS) is 18.7. The van der Waals surface area contributed by atoms with Gasteiger partial charge in [0.1, 0.15) is 11.6 Å². The van der Waals surface area contributed by atoms with Gasteiger partial charge in [0, 0.05) is 37.3 Å². The predicted molar refractivity (Wildman–Crippen MR) is 110 cm³/mol. The van der Waals surface area contributed by atoms with Gasteiger partial charge in [0.25, 0.3) is 5.91 Å². The van der Waals surface area contributed by atoms with E-state index in [-0.39, 0.29) is 25.3 Å². The first-order valence-corrected chi connectivity index (χ1v) is 9.49. The monoisotopic (exact) mass is 411 g/mol. The van der Waals surface area contributed by atoms with E-state index in [1.165, 1.54) is 17.0 Å². The smallest absolute Gasteiger partial charge is 0.321 e. The molecule has 9 heteroatoms. The first kappa shape index (κ1) is 19.8. The lowest BCUT2D eigenvalue weighted by Crippen LogP contribution is -2.47. The van der Waals surface area contributed by atoms with Gasteiger partial charge in [-0.2, -0.15) is 0 Å². The fourth-order valence-corrected chi connectivity index (χ4v) is 3.74. The van der Waals surface area contributed by atoms with Gasteiger partial charge in [-0.25, -0.2) is 14.2 Å². The molecule has 4 rings (SSSR count). The summed E-state index contributed by atoms with van der Waals surface area (Å²) in [6.07, 6.45) is 0.112. The zero-order chi connectivity index (χ0) is 21.6. The molecule has 8 nitrogen and oxygen atoms in total. The Morgan fingerprint density at radius 3 is 2.70 bits per heavy atom. The van der Waals surface area contributed by atoms with Gasteiger partial charge >= 0.3 is 6.03 Å². The van der Waals surface area contributed by atoms with Crippen LogP contribution in [0.5, 0.6) is 0 Å². The Morgan fingerprint density at radius 2 is 2.03 bits per heavy atom. The molecule has 3 aromatic rings. The summed E-state index contributed by atoms with van der Waals surface area (Å²) in [6.45, 7) is 1.95. The zero-order valence-corrected chi connectivity index (χ0v) is 16.6. The highest BCUT2D eigenvalue weighted by Gasteiger charge is 2.43. The Hall–Kier alpha value is -3.46. The lowest BCUT2D eigenvalue weighted by molar-refractivity contribution is -0.134. The molecule has 1 aliphatic rings. The van der Waals surface area contributed by atoms with Crippen LogP contribution in [0.3, 0.4) is 0 Å². The number of aliphatic hydroxyl groups is 1. The third-order valence-corrected chi connectivity index (χ3v) is 5.56. The number of β-amino-alcohol motifs (C(OH)–C–C–N with tert-alkyl or cyclic N) is 1. The summed E-state index contributed by atoms with van der Waals surface area (Å²) in [7, 11) is 1.86. The van der Waals surface area contributed by atoms with Crippen LogP contribution in [0.2, 0.25) is 0 Å². The van der Waals surface area contributed by atoms with E-state index in [4.69, 9.17) is 5.73 Å². The van der Waals surface area contributed by atoms with Crippen LogP contribution >= 0.6 is 0 Å². The van der Waals surface area contributed by atoms with E-state index in [1.807, 2.05) is 30.7 Å². The summed E-state index contributed by atoms with van der Waals surface area (Å²) >= 11 is 0. The number of halogens is 1. The third kappa shape index (κ3) is 3.37. The second-order valence-electron chi connectivity index (χ2n) is 7.65. The van der Waals surface area contributed by atoms with E-state index in [0.717, 1.165) is 16.6 Å². The minimum absolute atomic E-state index is 0.112. The number of imidazole rings is 1. The Morgan fingerprint density at radius 1 is 1.27 bits per heavy atom. The van der Waals surface area contributed by atoms with E-state index in [1.54, 1.807) is 12.1 Å². The molecule has 0 saturated carbocycles. The number of carbonyl (C=O) groups excluding carboxylic acids is 2. The van der Waals surface area contributed by atoms with Crippen LogP contribution in [0.1, 0.15) is 12.0 Å². The van der Waals surface area contributed by atoms with Gasteiger partial charge in [-0.15, -0.1) is 0 Å². The van der Waals surface area contributed by atoms with Gasteiger partial charge < -0.3 is 25.6 Å². The zero-order valence-electron chi connectivity index (χ0n) is 16.6. The second-order valence-corrected chi connectivity index (χ2v) is 7.65. The number of rotatable bonds is 3. The number of primary amides is 1. The van der Waals surface area contributed by atoms with E-state index >= 15 is 0 Å². The molecular formula is C21H22FN5O3. The largest absolute Gasteiger partial charge is 0.378 e. The standard InChI is InChI=1S/C21H22FN5O3/c1-12-9-13(18-24-16-10-14(22)4-6-17(16)26(18)2)3-5-15(12)25-20(29)27-8-7-21(30,11-27)19(23)28/h3-6,9-10,30H,7-8,11H2,1-2H3,(H2,23,28)(H,25,29). The van der Waals surface area contributed by atoms with Crippen LogP contribution in [0, 0.1) is 12.7 Å². The highest BCUT2D eigenvalue weighted by molar-refractivity contribution is 5.92. The van der Waals surface area contributed by atoms with Crippen LogP contribution in [0.4, 0.5) is 14.9 Å². The average molecular weight is 411 g/mol. The summed E-state index contributed by atoms with van der Waals surface area (Å²) in [5.41, 5.74) is 7.15. The van der Waals surface area contributed by atoms with Crippen molar-refractivity contribution < 1.29 is 19.1 Å². The SMILES string of the molecule is Cc1cc(-c2nc3cc(F)ccc3n2C)ccc1NC(=O)N1CCC(O)(C(N)=O)C1. The number of hydrogen-bond donors (Lipinski definition) is 3. The van der Waals surface area contributed by atoms with Crippen molar-refractivity contribution in [1.82, 2.24) is 14.5 Å². The molecule has 1 atom stereocenters. The van der Waals surface area contributed by atoms with E-state index in [9.17, 15) is 19.1 Å². The fourth-order valence-electron chi connectivity index (χ4n) is 3.74. The predicted octanol–water partition coefficient (Wildman–Crippen LogP) is 2.14. The van der Waals surface area contributed by atoms with Crippen molar-refractivity contribution in [1.29, 1.82) is 0 Å². The molecule has 2 heterocycles. The van der Waals surface area contributed by atoms with Crippen LogP contribution in [-0.2, 0) is 11.8 Å². The Kier molecular flexibility index (Phi) is 4.70. The summed E-state index contributed by atoms with van der Waals surface area (Å²) in [6, 6.07) is 9.53. The summed E-state index contributed by atoms with van der Waals surface area (Å²) in [5, 5.41) is 12.9. The van der Waals surface area contributed by atoms with Crippen molar-refractivity contribution in [3.05, 3.63) is 47.8 Å². The van der Waals surface area contributed by atoms with Crippen molar-refractivity contribution in [2.24, 2.45) is 12.8 Å². The Labute approximate surface area is 172 Å². The lowest BCUT2D eigenvalue weighted by atomic mass is 10.0. The van der Waals surface area contributed by atoms with Crippen LogP contribution in [-0.4, -0.2) is 50.2 Å². The van der Waals surface area contributed by atoms with Crippen molar-refractivity contribution >= 4 is 28.7 Å². The van der Waals surface area contributed by atoms with Gasteiger partial charge in [0.05, 0.1) is 17.6 Å². The first-order valence-electron chi connectivity index (χ1n) is 9.49. The summed E-state index contributed by atoms with van der Waals surface area (Å²) < 4.78 is 15.4. The number of aryl methyl sites for hydroxylation is 2. The third-order valence-electron chi connectivity index (χ3n) is 5.56. The van der Waals surface area contributed by atoms with E-state index in [2.05, 4.69) is 10.3 Å². The molecule has 0 aliphatic carbocycles. The number of fused-ring (bicyclic) bond motifs is 1. The number of carbonyl (C=O) groups is 2. The average Bonchev–Trinajstić information content (AvgIpc) is 3.25. The maximum atomic E-state index is 13.5. The Bertz CT molecular complexity index is 1170. The minimum atomic E-state index is -1.68. The number of urea groups is 1. The Balaban J connectivity index is 1.55. The van der Waals surface area contributed by atoms with Gasteiger partial charge in [0.15, 0.2) is 5.60 Å². The quantitative estimate of drug-likeness (QED) is 0.613. The summed E-state index contributed by atoms with van der Waals surface area (Å²) in [5.74, 6) is -0.491. The number of anilines is 1. The maximum Gasteiger partial charge on any atom is 0.321 e. The second kappa shape index (κ2) is 7.10. The van der Waals surface area contributed by atoms with Crippen LogP contribution in [0.15, 0.2) is 36.4 Å². The van der Waals surface area contributed by atoms with E-state index in [0.29, 0.717) is 17.0 Å². The van der Waals surface area contributed by atoms with Gasteiger partial charge in [-0.05, 0) is 42.8 Å². The molecule has 3 amide bonds. The lowest BCUT2D eigenvalue weighted by Gasteiger charge is -2.21. The van der Waals surface area contributed by atoms with Gasteiger partial charge in [-0.3, -0.25) is 4.79 Å². The number of nitrogens with zero attached hydrogens (tertiary/aromatic N) is 3. The molecule has 1 aliphatic heterocycles. The number of nitrogens with one attached hydrogen (secondary N) is 1. The van der Waals surface area contributed by atoms with Crippen molar-refractivity contribution in [3.63, 3.8) is 0 Å². The minimum Gasteiger partial charge on any atom is -0.378 e. The molecule has 1 fully saturated rings. The molecule has 1 aromatic heterocycles. The molecule has 1 unspecified atom stereocenters. The number of nitrogens with two attached hydrogens (primary N) is 1. The number of benzene rings is 2. The molecular weight excluding hydrogens is 389 g/mol. The molecule has 1 saturated heterocycles. The number of hydrogen-bond acceptors (Lipinski definition) is 4. The van der Waals surface area contributed by atoms with E-state index < -0.39 is 17.5 Å². The van der Waals surface area contributed by atoms with Crippen molar-refractivity contribution in [2.75, 3.05) is 18.4 Å². The molecule has 30 heavy (non-hydrogen) atoms. The molecule has 156 valence electrons. The number of likely N-dealkylation sites (tertiary alicyclic amines) is 1. The molecule has 0 radical (unpaired) electrons. The first-order chi connectivity index (χ1) is 14.2. The molecule has 4 N–H and O–H groups in total. The molecule has 0 spiro atoms. The van der Waals surface area contributed by atoms with Crippen molar-refractivity contribution in [3.8, 4) is 11.4 Å². The van der Waals surface area contributed by atoms with Crippen molar-refractivity contribution in [2.45, 2.75) is 18.9 Å². The number of amides is 3. The van der Waals surface area contributed by atoms with Crippen LogP contribution < -0.4 is 11.1 Å². The fraction of sp³-hybridized carbons (Fsp3) is 0.286. The van der Waals surface area contributed by atoms with Gasteiger partial charge in [-0.1, -0.05) is 0 Å². The summed E-state index contributed by atoms with van der Waals surface area (Å²) in [4.78, 5) is 29.8. The van der Waals surface area contributed by atoms with Crippen LogP contribution in [0.25, 0.3) is 22.4 Å². The number of aromatic nitrogens is 2.